The molecule has 0 radical (unpaired) electrons. The van der Waals surface area contributed by atoms with E-state index in [-0.39, 0.29) is 11.9 Å². The Morgan fingerprint density at radius 1 is 1.31 bits per heavy atom. The summed E-state index contributed by atoms with van der Waals surface area (Å²) in [7, 11) is 3.81. The summed E-state index contributed by atoms with van der Waals surface area (Å²) in [5.74, 6) is -0.211. The number of hydrogen-bond acceptors (Lipinski definition) is 2. The number of hydrogen-bond donors (Lipinski definition) is 1. The zero-order valence-electron chi connectivity index (χ0n) is 10.6. The standard InChI is InChI=1S/C13H20FNO/c1-9-8-10(6-7-11(9)14)12(15(4)5)13(2,3)16/h6-8,12,16H,1-5H3. The monoisotopic (exact) mass is 225 g/mol. The van der Waals surface area contributed by atoms with Gasteiger partial charge in [0.25, 0.3) is 0 Å². The highest BCUT2D eigenvalue weighted by Gasteiger charge is 2.30. The summed E-state index contributed by atoms with van der Waals surface area (Å²) in [4.78, 5) is 1.94. The van der Waals surface area contributed by atoms with Gasteiger partial charge in [0, 0.05) is 0 Å². The molecule has 0 aliphatic heterocycles. The molecule has 90 valence electrons. The van der Waals surface area contributed by atoms with E-state index in [2.05, 4.69) is 0 Å². The predicted octanol–water partition coefficient (Wildman–Crippen LogP) is 2.51. The number of rotatable bonds is 3. The lowest BCUT2D eigenvalue weighted by Crippen LogP contribution is -2.38. The SMILES string of the molecule is Cc1cc(C(N(C)C)C(C)(C)O)ccc1F. The van der Waals surface area contributed by atoms with Crippen molar-refractivity contribution in [2.24, 2.45) is 0 Å². The third kappa shape index (κ3) is 2.80. The number of likely N-dealkylation sites (N-methyl/N-ethyl adjacent to an activating group) is 1. The molecule has 0 fully saturated rings. The van der Waals surface area contributed by atoms with E-state index in [1.54, 1.807) is 32.9 Å². The Labute approximate surface area is 96.7 Å². The van der Waals surface area contributed by atoms with Crippen LogP contribution in [0.2, 0.25) is 0 Å². The fraction of sp³-hybridized carbons (Fsp3) is 0.538. The van der Waals surface area contributed by atoms with Gasteiger partial charge in [-0.05, 0) is 52.1 Å². The van der Waals surface area contributed by atoms with Gasteiger partial charge in [-0.15, -0.1) is 0 Å². The molecule has 0 bridgehead atoms. The van der Waals surface area contributed by atoms with Crippen LogP contribution in [-0.2, 0) is 0 Å². The maximum atomic E-state index is 13.2. The first kappa shape index (κ1) is 13.1. The van der Waals surface area contributed by atoms with Crippen LogP contribution in [0.4, 0.5) is 4.39 Å². The molecule has 0 amide bonds. The molecule has 0 saturated carbocycles. The third-order valence-electron chi connectivity index (χ3n) is 2.68. The van der Waals surface area contributed by atoms with Crippen LogP contribution in [-0.4, -0.2) is 29.7 Å². The Bertz CT molecular complexity index is 369. The lowest BCUT2D eigenvalue weighted by molar-refractivity contribution is -0.00319. The van der Waals surface area contributed by atoms with Gasteiger partial charge >= 0.3 is 0 Å². The van der Waals surface area contributed by atoms with Gasteiger partial charge in [-0.25, -0.2) is 4.39 Å². The van der Waals surface area contributed by atoms with Crippen molar-refractivity contribution in [2.75, 3.05) is 14.1 Å². The van der Waals surface area contributed by atoms with E-state index in [9.17, 15) is 9.50 Å². The zero-order valence-corrected chi connectivity index (χ0v) is 10.6. The van der Waals surface area contributed by atoms with E-state index >= 15 is 0 Å². The lowest BCUT2D eigenvalue weighted by atomic mass is 9.90. The second-order valence-electron chi connectivity index (χ2n) is 5.03. The zero-order chi connectivity index (χ0) is 12.5. The minimum Gasteiger partial charge on any atom is -0.388 e. The molecule has 1 aromatic rings. The van der Waals surface area contributed by atoms with Gasteiger partial charge in [0.05, 0.1) is 11.6 Å². The fourth-order valence-corrected chi connectivity index (χ4v) is 2.18. The van der Waals surface area contributed by atoms with Crippen molar-refractivity contribution in [3.05, 3.63) is 35.1 Å². The van der Waals surface area contributed by atoms with Crippen molar-refractivity contribution >= 4 is 0 Å². The summed E-state index contributed by atoms with van der Waals surface area (Å²) in [5, 5.41) is 10.1. The quantitative estimate of drug-likeness (QED) is 0.854. The predicted molar refractivity (Wildman–Crippen MR) is 63.9 cm³/mol. The Balaban J connectivity index is 3.17. The van der Waals surface area contributed by atoms with E-state index in [1.165, 1.54) is 6.07 Å². The van der Waals surface area contributed by atoms with E-state index < -0.39 is 5.60 Å². The highest BCUT2D eigenvalue weighted by Crippen LogP contribution is 2.30. The summed E-state index contributed by atoms with van der Waals surface area (Å²) in [6.07, 6.45) is 0. The van der Waals surface area contributed by atoms with Crippen molar-refractivity contribution in [3.8, 4) is 0 Å². The minimum absolute atomic E-state index is 0.146. The molecule has 0 aliphatic carbocycles. The number of benzene rings is 1. The summed E-state index contributed by atoms with van der Waals surface area (Å²) < 4.78 is 13.2. The van der Waals surface area contributed by atoms with Crippen LogP contribution >= 0.6 is 0 Å². The number of nitrogens with zero attached hydrogens (tertiary/aromatic N) is 1. The number of aryl methyl sites for hydroxylation is 1. The first-order valence-electron chi connectivity index (χ1n) is 5.38. The van der Waals surface area contributed by atoms with Crippen molar-refractivity contribution in [3.63, 3.8) is 0 Å². The second kappa shape index (κ2) is 4.52. The van der Waals surface area contributed by atoms with Gasteiger partial charge in [0.2, 0.25) is 0 Å². The molecule has 3 heteroatoms. The maximum Gasteiger partial charge on any atom is 0.126 e. The van der Waals surface area contributed by atoms with Crippen LogP contribution in [0.25, 0.3) is 0 Å². The summed E-state index contributed by atoms with van der Waals surface area (Å²) in [5.41, 5.74) is 0.665. The molecule has 1 rings (SSSR count). The number of halogens is 1. The van der Waals surface area contributed by atoms with E-state index in [1.807, 2.05) is 19.0 Å². The Hall–Kier alpha value is -0.930. The van der Waals surface area contributed by atoms with Gasteiger partial charge in [-0.2, -0.15) is 0 Å². The van der Waals surface area contributed by atoms with Crippen LogP contribution in [0.5, 0.6) is 0 Å². The summed E-state index contributed by atoms with van der Waals surface area (Å²) in [6.45, 7) is 5.25. The van der Waals surface area contributed by atoms with Crippen LogP contribution in [0, 0.1) is 12.7 Å². The average molecular weight is 225 g/mol. The third-order valence-corrected chi connectivity index (χ3v) is 2.68. The van der Waals surface area contributed by atoms with Crippen molar-refractivity contribution in [1.82, 2.24) is 4.90 Å². The molecule has 0 aromatic heterocycles. The van der Waals surface area contributed by atoms with Crippen LogP contribution < -0.4 is 0 Å². The maximum absolute atomic E-state index is 13.2. The number of aliphatic hydroxyl groups is 1. The van der Waals surface area contributed by atoms with E-state index in [0.717, 1.165) is 5.56 Å². The highest BCUT2D eigenvalue weighted by atomic mass is 19.1. The van der Waals surface area contributed by atoms with Crippen molar-refractivity contribution < 1.29 is 9.50 Å². The summed E-state index contributed by atoms with van der Waals surface area (Å²) in [6, 6.07) is 4.82. The molecule has 0 heterocycles. The van der Waals surface area contributed by atoms with Crippen molar-refractivity contribution in [2.45, 2.75) is 32.4 Å². The fourth-order valence-electron chi connectivity index (χ4n) is 2.18. The molecule has 1 unspecified atom stereocenters. The van der Waals surface area contributed by atoms with E-state index in [0.29, 0.717) is 5.56 Å². The molecule has 0 aliphatic rings. The molecule has 0 spiro atoms. The van der Waals surface area contributed by atoms with Crippen molar-refractivity contribution in [1.29, 1.82) is 0 Å². The molecular weight excluding hydrogens is 205 g/mol. The molecule has 0 saturated heterocycles. The Morgan fingerprint density at radius 2 is 1.88 bits per heavy atom. The second-order valence-corrected chi connectivity index (χ2v) is 5.03. The molecule has 2 nitrogen and oxygen atoms in total. The normalized spacial score (nSPS) is 14.2. The first-order chi connectivity index (χ1) is 7.23. The van der Waals surface area contributed by atoms with Gasteiger partial charge in [-0.1, -0.05) is 12.1 Å². The van der Waals surface area contributed by atoms with Crippen LogP contribution in [0.3, 0.4) is 0 Å². The molecule has 1 N–H and O–H groups in total. The molecule has 1 atom stereocenters. The van der Waals surface area contributed by atoms with Gasteiger partial charge in [0.15, 0.2) is 0 Å². The van der Waals surface area contributed by atoms with E-state index in [4.69, 9.17) is 0 Å². The highest BCUT2D eigenvalue weighted by molar-refractivity contribution is 5.28. The topological polar surface area (TPSA) is 23.5 Å². The Morgan fingerprint density at radius 3 is 2.25 bits per heavy atom. The smallest absolute Gasteiger partial charge is 0.126 e. The molecule has 16 heavy (non-hydrogen) atoms. The van der Waals surface area contributed by atoms with Crippen LogP contribution in [0.1, 0.15) is 31.0 Å². The van der Waals surface area contributed by atoms with Gasteiger partial charge in [-0.3, -0.25) is 4.90 Å². The van der Waals surface area contributed by atoms with Gasteiger partial charge in [0.1, 0.15) is 5.82 Å². The lowest BCUT2D eigenvalue weighted by Gasteiger charge is -2.35. The summed E-state index contributed by atoms with van der Waals surface area (Å²) >= 11 is 0. The first-order valence-corrected chi connectivity index (χ1v) is 5.38. The Kier molecular flexibility index (Phi) is 3.71. The molecule has 1 aromatic carbocycles. The van der Waals surface area contributed by atoms with Gasteiger partial charge < -0.3 is 5.11 Å². The molecular formula is C13H20FNO. The average Bonchev–Trinajstić information content (AvgIpc) is 2.08. The minimum atomic E-state index is -0.867. The van der Waals surface area contributed by atoms with Crippen LogP contribution in [0.15, 0.2) is 18.2 Å². The largest absolute Gasteiger partial charge is 0.388 e.